The van der Waals surface area contributed by atoms with Gasteiger partial charge in [-0.3, -0.25) is 4.79 Å². The van der Waals surface area contributed by atoms with Crippen molar-refractivity contribution in [2.45, 2.75) is 24.2 Å². The van der Waals surface area contributed by atoms with E-state index in [0.717, 1.165) is 18.4 Å². The van der Waals surface area contributed by atoms with Gasteiger partial charge in [0.15, 0.2) is 0 Å². The van der Waals surface area contributed by atoms with Crippen LogP contribution in [0, 0.1) is 0 Å². The summed E-state index contributed by atoms with van der Waals surface area (Å²) < 4.78 is 4.98. The summed E-state index contributed by atoms with van der Waals surface area (Å²) in [5.41, 5.74) is 1.92. The molecule has 0 saturated carbocycles. The molecule has 2 bridgehead atoms. The molecule has 2 nitrogen and oxygen atoms in total. The lowest BCUT2D eigenvalue weighted by Gasteiger charge is -2.41. The minimum atomic E-state index is -0.514. The van der Waals surface area contributed by atoms with E-state index in [4.69, 9.17) is 4.74 Å². The van der Waals surface area contributed by atoms with Gasteiger partial charge in [0.2, 0.25) is 0 Å². The smallest absolute Gasteiger partial charge is 0.320 e. The van der Waals surface area contributed by atoms with Crippen LogP contribution in [0.2, 0.25) is 0 Å². The molecule has 0 heterocycles. The van der Waals surface area contributed by atoms with E-state index in [9.17, 15) is 4.79 Å². The van der Waals surface area contributed by atoms with Gasteiger partial charge in [0.05, 0.1) is 7.11 Å². The number of rotatable bonds is 1. The third-order valence-electron chi connectivity index (χ3n) is 3.85. The van der Waals surface area contributed by atoms with Crippen molar-refractivity contribution in [3.05, 3.63) is 47.5 Å². The number of hydrogen-bond acceptors (Lipinski definition) is 2. The summed E-state index contributed by atoms with van der Waals surface area (Å²) in [7, 11) is 1.47. The van der Waals surface area contributed by atoms with Crippen molar-refractivity contribution in [2.24, 2.45) is 0 Å². The SMILES string of the molecule is COC(=O)[C@@]12C=C[C@@H](CC1)c1ccccc12. The molecule has 0 unspecified atom stereocenters. The molecule has 0 fully saturated rings. The van der Waals surface area contributed by atoms with Gasteiger partial charge >= 0.3 is 5.97 Å². The largest absolute Gasteiger partial charge is 0.468 e. The number of carbonyl (C=O) groups is 1. The molecular formula is C14H14O2. The fourth-order valence-electron chi connectivity index (χ4n) is 3.02. The van der Waals surface area contributed by atoms with E-state index in [0.29, 0.717) is 5.92 Å². The van der Waals surface area contributed by atoms with Crippen molar-refractivity contribution >= 4 is 5.97 Å². The molecule has 2 heteroatoms. The van der Waals surface area contributed by atoms with Crippen LogP contribution in [0.1, 0.15) is 29.9 Å². The summed E-state index contributed by atoms with van der Waals surface area (Å²) in [6.45, 7) is 0. The number of benzene rings is 1. The van der Waals surface area contributed by atoms with Gasteiger partial charge < -0.3 is 4.74 Å². The van der Waals surface area contributed by atoms with Crippen LogP contribution in [0.3, 0.4) is 0 Å². The Bertz CT molecular complexity index is 475. The maximum Gasteiger partial charge on any atom is 0.320 e. The molecular weight excluding hydrogens is 200 g/mol. The minimum Gasteiger partial charge on any atom is -0.468 e. The maximum atomic E-state index is 12.0. The normalized spacial score (nSPS) is 29.9. The molecule has 3 aliphatic carbocycles. The summed E-state index contributed by atoms with van der Waals surface area (Å²) in [6, 6.07) is 8.22. The Morgan fingerprint density at radius 3 is 2.94 bits per heavy atom. The lowest BCUT2D eigenvalue weighted by atomic mass is 9.62. The number of methoxy groups -OCH3 is 1. The standard InChI is InChI=1S/C14H14O2/c1-16-13(15)14-8-6-10(7-9-14)11-4-2-3-5-12(11)14/h2-6,8,10H,7,9H2,1H3/t10-,14-/m0/s1. The Hall–Kier alpha value is -1.57. The topological polar surface area (TPSA) is 26.3 Å². The summed E-state index contributed by atoms with van der Waals surface area (Å²) in [6.07, 6.45) is 6.11. The van der Waals surface area contributed by atoms with E-state index >= 15 is 0 Å². The third kappa shape index (κ3) is 1.04. The van der Waals surface area contributed by atoms with Crippen LogP contribution in [0.5, 0.6) is 0 Å². The molecule has 1 aromatic carbocycles. The number of carbonyl (C=O) groups excluding carboxylic acids is 1. The van der Waals surface area contributed by atoms with Crippen molar-refractivity contribution in [1.82, 2.24) is 0 Å². The van der Waals surface area contributed by atoms with Crippen molar-refractivity contribution < 1.29 is 9.53 Å². The van der Waals surface area contributed by atoms with E-state index in [1.165, 1.54) is 12.7 Å². The van der Waals surface area contributed by atoms with Crippen LogP contribution in [-0.4, -0.2) is 13.1 Å². The summed E-state index contributed by atoms with van der Waals surface area (Å²) in [5.74, 6) is 0.358. The molecule has 0 N–H and O–H groups in total. The lowest BCUT2D eigenvalue weighted by Crippen LogP contribution is -2.41. The maximum absolute atomic E-state index is 12.0. The zero-order chi connectivity index (χ0) is 11.2. The Labute approximate surface area is 94.9 Å². The molecule has 0 aromatic heterocycles. The number of ether oxygens (including phenoxy) is 1. The fourth-order valence-corrected chi connectivity index (χ4v) is 3.02. The van der Waals surface area contributed by atoms with Crippen molar-refractivity contribution in [1.29, 1.82) is 0 Å². The zero-order valence-corrected chi connectivity index (χ0v) is 9.27. The highest BCUT2D eigenvalue weighted by molar-refractivity contribution is 5.87. The second-order valence-corrected chi connectivity index (χ2v) is 4.55. The van der Waals surface area contributed by atoms with Crippen LogP contribution in [0.25, 0.3) is 0 Å². The van der Waals surface area contributed by atoms with Gasteiger partial charge in [-0.1, -0.05) is 36.4 Å². The number of esters is 1. The molecule has 2 atom stereocenters. The van der Waals surface area contributed by atoms with Crippen LogP contribution in [0.4, 0.5) is 0 Å². The number of hydrogen-bond donors (Lipinski definition) is 0. The molecule has 0 spiro atoms. The van der Waals surface area contributed by atoms with Gasteiger partial charge in [-0.15, -0.1) is 0 Å². The first-order valence-corrected chi connectivity index (χ1v) is 5.65. The quantitative estimate of drug-likeness (QED) is 0.530. The Balaban J connectivity index is 2.22. The second-order valence-electron chi connectivity index (χ2n) is 4.55. The Kier molecular flexibility index (Phi) is 1.93. The van der Waals surface area contributed by atoms with Gasteiger partial charge in [0.25, 0.3) is 0 Å². The summed E-state index contributed by atoms with van der Waals surface area (Å²) in [4.78, 5) is 12.0. The molecule has 4 rings (SSSR count). The van der Waals surface area contributed by atoms with E-state index in [1.807, 2.05) is 18.2 Å². The predicted octanol–water partition coefficient (Wildman–Crippen LogP) is 2.54. The molecule has 82 valence electrons. The highest BCUT2D eigenvalue weighted by atomic mass is 16.5. The molecule has 1 aromatic rings. The third-order valence-corrected chi connectivity index (χ3v) is 3.85. The van der Waals surface area contributed by atoms with Gasteiger partial charge in [-0.2, -0.15) is 0 Å². The molecule has 16 heavy (non-hydrogen) atoms. The van der Waals surface area contributed by atoms with E-state index in [-0.39, 0.29) is 5.97 Å². The van der Waals surface area contributed by atoms with Gasteiger partial charge in [-0.05, 0) is 24.0 Å². The summed E-state index contributed by atoms with van der Waals surface area (Å²) in [5, 5.41) is 0. The van der Waals surface area contributed by atoms with Gasteiger partial charge in [0, 0.05) is 5.92 Å². The van der Waals surface area contributed by atoms with Crippen LogP contribution in [-0.2, 0) is 14.9 Å². The number of allylic oxidation sites excluding steroid dienone is 1. The average molecular weight is 214 g/mol. The van der Waals surface area contributed by atoms with Crippen molar-refractivity contribution in [3.63, 3.8) is 0 Å². The first-order valence-electron chi connectivity index (χ1n) is 5.65. The van der Waals surface area contributed by atoms with Crippen LogP contribution >= 0.6 is 0 Å². The van der Waals surface area contributed by atoms with Crippen molar-refractivity contribution in [2.75, 3.05) is 7.11 Å². The highest BCUT2D eigenvalue weighted by Crippen LogP contribution is 2.49. The Morgan fingerprint density at radius 2 is 2.25 bits per heavy atom. The summed E-state index contributed by atoms with van der Waals surface area (Å²) >= 11 is 0. The van der Waals surface area contributed by atoms with Crippen molar-refractivity contribution in [3.8, 4) is 0 Å². The number of fused-ring (bicyclic) bond motifs is 1. The van der Waals surface area contributed by atoms with E-state index in [2.05, 4.69) is 18.2 Å². The molecule has 0 saturated heterocycles. The Morgan fingerprint density at radius 1 is 1.44 bits per heavy atom. The predicted molar refractivity (Wildman–Crippen MR) is 61.3 cm³/mol. The fraction of sp³-hybridized carbons (Fsp3) is 0.357. The first kappa shape index (κ1) is 9.64. The molecule has 3 aliphatic rings. The highest BCUT2D eigenvalue weighted by Gasteiger charge is 2.47. The first-order chi connectivity index (χ1) is 7.78. The molecule has 0 aliphatic heterocycles. The van der Waals surface area contributed by atoms with Crippen LogP contribution < -0.4 is 0 Å². The average Bonchev–Trinajstić information content (AvgIpc) is 2.39. The lowest BCUT2D eigenvalue weighted by molar-refractivity contribution is -0.146. The monoisotopic (exact) mass is 214 g/mol. The van der Waals surface area contributed by atoms with Gasteiger partial charge in [-0.25, -0.2) is 0 Å². The minimum absolute atomic E-state index is 0.130. The molecule has 0 radical (unpaired) electrons. The molecule has 0 amide bonds. The van der Waals surface area contributed by atoms with E-state index < -0.39 is 5.41 Å². The zero-order valence-electron chi connectivity index (χ0n) is 9.27. The van der Waals surface area contributed by atoms with Crippen LogP contribution in [0.15, 0.2) is 36.4 Å². The van der Waals surface area contributed by atoms with E-state index in [1.54, 1.807) is 0 Å². The van der Waals surface area contributed by atoms with Gasteiger partial charge in [0.1, 0.15) is 5.41 Å². The second kappa shape index (κ2) is 3.21.